The summed E-state index contributed by atoms with van der Waals surface area (Å²) in [6, 6.07) is 11.6. The summed E-state index contributed by atoms with van der Waals surface area (Å²) < 4.78 is 1.70. The third-order valence-corrected chi connectivity index (χ3v) is 4.93. The molecule has 0 atom stereocenters. The van der Waals surface area contributed by atoms with E-state index in [1.807, 2.05) is 41.3 Å². The van der Waals surface area contributed by atoms with Crippen molar-refractivity contribution in [3.05, 3.63) is 66.2 Å². The van der Waals surface area contributed by atoms with Crippen molar-refractivity contribution in [3.8, 4) is 5.82 Å². The van der Waals surface area contributed by atoms with Crippen LogP contribution in [0.4, 0.5) is 10.6 Å². The zero-order valence-corrected chi connectivity index (χ0v) is 17.0. The maximum absolute atomic E-state index is 13.2. The largest absolute Gasteiger partial charge is 0.323 e. The predicted molar refractivity (Wildman–Crippen MR) is 112 cm³/mol. The maximum Gasteiger partial charge on any atom is 0.323 e. The number of amides is 2. The molecule has 0 spiro atoms. The summed E-state index contributed by atoms with van der Waals surface area (Å²) in [4.78, 5) is 23.5. The molecule has 0 unspecified atom stereocenters. The lowest BCUT2D eigenvalue weighted by Gasteiger charge is -2.23. The number of urea groups is 1. The maximum atomic E-state index is 13.2. The van der Waals surface area contributed by atoms with Gasteiger partial charge in [0.2, 0.25) is 0 Å². The molecule has 150 valence electrons. The van der Waals surface area contributed by atoms with Crippen LogP contribution in [0.3, 0.4) is 0 Å². The van der Waals surface area contributed by atoms with Crippen molar-refractivity contribution in [2.45, 2.75) is 51.6 Å². The highest BCUT2D eigenvalue weighted by molar-refractivity contribution is 5.89. The monoisotopic (exact) mass is 390 g/mol. The molecule has 0 aliphatic heterocycles. The van der Waals surface area contributed by atoms with Gasteiger partial charge in [-0.2, -0.15) is 9.78 Å². The van der Waals surface area contributed by atoms with Crippen molar-refractivity contribution in [2.75, 3.05) is 5.32 Å². The highest BCUT2D eigenvalue weighted by Gasteiger charge is 2.33. The number of hydrogen-bond donors (Lipinski definition) is 1. The summed E-state index contributed by atoms with van der Waals surface area (Å²) in [7, 11) is 0. The van der Waals surface area contributed by atoms with E-state index in [9.17, 15) is 4.79 Å². The first-order valence-electron chi connectivity index (χ1n) is 9.90. The number of carbonyl (C=O) groups is 1. The van der Waals surface area contributed by atoms with Crippen molar-refractivity contribution < 1.29 is 4.79 Å². The predicted octanol–water partition coefficient (Wildman–Crippen LogP) is 4.16. The van der Waals surface area contributed by atoms with Crippen LogP contribution in [-0.4, -0.2) is 36.7 Å². The van der Waals surface area contributed by atoms with Crippen LogP contribution in [0.5, 0.6) is 0 Å². The average molecular weight is 390 g/mol. The summed E-state index contributed by atoms with van der Waals surface area (Å²) in [6.07, 6.45) is 7.30. The SMILES string of the molecule is CC(C)(C)c1cc(NC(=O)N(Cc2ccncc2)C2CC2)n(-c2ccccn2)n1. The second kappa shape index (κ2) is 7.66. The van der Waals surface area contributed by atoms with Crippen molar-refractivity contribution >= 4 is 11.8 Å². The van der Waals surface area contributed by atoms with Crippen LogP contribution in [-0.2, 0) is 12.0 Å². The van der Waals surface area contributed by atoms with Gasteiger partial charge in [-0.1, -0.05) is 26.8 Å². The number of pyridine rings is 2. The number of rotatable bonds is 5. The third-order valence-electron chi connectivity index (χ3n) is 4.93. The molecule has 0 bridgehead atoms. The van der Waals surface area contributed by atoms with Gasteiger partial charge in [0.25, 0.3) is 0 Å². The topological polar surface area (TPSA) is 75.9 Å². The Kier molecular flexibility index (Phi) is 5.05. The van der Waals surface area contributed by atoms with Crippen LogP contribution in [0.25, 0.3) is 5.82 Å². The van der Waals surface area contributed by atoms with Gasteiger partial charge >= 0.3 is 6.03 Å². The Bertz CT molecular complexity index is 974. The summed E-state index contributed by atoms with van der Waals surface area (Å²) in [6.45, 7) is 6.86. The van der Waals surface area contributed by atoms with Gasteiger partial charge in [0.05, 0.1) is 5.69 Å². The molecule has 3 aromatic rings. The minimum atomic E-state index is -0.146. The summed E-state index contributed by atoms with van der Waals surface area (Å²) in [5.41, 5.74) is 1.81. The molecule has 2 amide bonds. The molecule has 1 N–H and O–H groups in total. The van der Waals surface area contributed by atoms with Crippen LogP contribution in [0, 0.1) is 0 Å². The van der Waals surface area contributed by atoms with Crippen molar-refractivity contribution in [1.29, 1.82) is 0 Å². The molecule has 0 radical (unpaired) electrons. The number of nitrogens with one attached hydrogen (secondary N) is 1. The zero-order valence-electron chi connectivity index (χ0n) is 17.0. The molecule has 0 aromatic carbocycles. The fraction of sp³-hybridized carbons (Fsp3) is 0.364. The summed E-state index contributed by atoms with van der Waals surface area (Å²) in [5.74, 6) is 1.30. The van der Waals surface area contributed by atoms with Crippen LogP contribution < -0.4 is 5.32 Å². The average Bonchev–Trinajstić information content (AvgIpc) is 3.46. The number of anilines is 1. The van der Waals surface area contributed by atoms with Crippen LogP contribution in [0.1, 0.15) is 44.9 Å². The Morgan fingerprint density at radius 3 is 2.55 bits per heavy atom. The van der Waals surface area contributed by atoms with E-state index in [0.717, 1.165) is 24.1 Å². The first-order valence-corrected chi connectivity index (χ1v) is 9.90. The third kappa shape index (κ3) is 4.45. The fourth-order valence-electron chi connectivity index (χ4n) is 3.11. The van der Waals surface area contributed by atoms with E-state index in [0.29, 0.717) is 18.2 Å². The summed E-state index contributed by atoms with van der Waals surface area (Å²) >= 11 is 0. The lowest BCUT2D eigenvalue weighted by Crippen LogP contribution is -2.36. The van der Waals surface area contributed by atoms with Gasteiger partial charge in [-0.25, -0.2) is 9.78 Å². The minimum Gasteiger partial charge on any atom is -0.317 e. The van der Waals surface area contributed by atoms with Gasteiger partial charge in [0.15, 0.2) is 5.82 Å². The number of carbonyl (C=O) groups excluding carboxylic acids is 1. The molecule has 3 heterocycles. The fourth-order valence-corrected chi connectivity index (χ4v) is 3.11. The highest BCUT2D eigenvalue weighted by atomic mass is 16.2. The van der Waals surface area contributed by atoms with E-state index in [-0.39, 0.29) is 17.5 Å². The van der Waals surface area contributed by atoms with Crippen molar-refractivity contribution in [3.63, 3.8) is 0 Å². The molecular formula is C22H26N6O. The van der Waals surface area contributed by atoms with E-state index < -0.39 is 0 Å². The van der Waals surface area contributed by atoms with Gasteiger partial charge < -0.3 is 4.90 Å². The normalized spacial score (nSPS) is 13.9. The molecule has 1 aliphatic rings. The summed E-state index contributed by atoms with van der Waals surface area (Å²) in [5, 5.41) is 7.80. The standard InChI is InChI=1S/C22H26N6O/c1-22(2,3)18-14-20(28(26-18)19-6-4-5-11-24-19)25-21(29)27(17-7-8-17)15-16-9-12-23-13-10-16/h4-6,9-14,17H,7-8,15H2,1-3H3,(H,25,29). The van der Waals surface area contributed by atoms with E-state index in [1.54, 1.807) is 23.3 Å². The van der Waals surface area contributed by atoms with E-state index in [4.69, 9.17) is 5.10 Å². The van der Waals surface area contributed by atoms with Gasteiger partial charge in [-0.15, -0.1) is 0 Å². The lowest BCUT2D eigenvalue weighted by atomic mass is 9.92. The molecule has 1 aliphatic carbocycles. The van der Waals surface area contributed by atoms with E-state index in [2.05, 4.69) is 36.1 Å². The first-order chi connectivity index (χ1) is 13.9. The molecular weight excluding hydrogens is 364 g/mol. The van der Waals surface area contributed by atoms with Crippen molar-refractivity contribution in [2.24, 2.45) is 0 Å². The molecule has 7 nitrogen and oxygen atoms in total. The van der Waals surface area contributed by atoms with E-state index in [1.165, 1.54) is 0 Å². The Morgan fingerprint density at radius 2 is 1.93 bits per heavy atom. The van der Waals surface area contributed by atoms with Crippen LogP contribution >= 0.6 is 0 Å². The van der Waals surface area contributed by atoms with Gasteiger partial charge in [-0.05, 0) is 42.7 Å². The second-order valence-electron chi connectivity index (χ2n) is 8.41. The van der Waals surface area contributed by atoms with Gasteiger partial charge in [0, 0.05) is 42.7 Å². The molecule has 0 saturated heterocycles. The lowest BCUT2D eigenvalue weighted by molar-refractivity contribution is 0.206. The number of hydrogen-bond acceptors (Lipinski definition) is 4. The first kappa shape index (κ1) is 19.1. The van der Waals surface area contributed by atoms with Crippen LogP contribution in [0.15, 0.2) is 55.0 Å². The Balaban J connectivity index is 1.62. The van der Waals surface area contributed by atoms with Gasteiger partial charge in [-0.3, -0.25) is 10.3 Å². The van der Waals surface area contributed by atoms with E-state index >= 15 is 0 Å². The zero-order chi connectivity index (χ0) is 20.4. The molecule has 3 aromatic heterocycles. The minimum absolute atomic E-state index is 0.123. The number of aromatic nitrogens is 4. The Labute approximate surface area is 170 Å². The quantitative estimate of drug-likeness (QED) is 0.710. The molecule has 4 rings (SSSR count). The molecule has 29 heavy (non-hydrogen) atoms. The highest BCUT2D eigenvalue weighted by Crippen LogP contribution is 2.30. The van der Waals surface area contributed by atoms with Gasteiger partial charge in [0.1, 0.15) is 5.82 Å². The molecule has 1 saturated carbocycles. The Hall–Kier alpha value is -3.22. The molecule has 7 heteroatoms. The van der Waals surface area contributed by atoms with Crippen LogP contribution in [0.2, 0.25) is 0 Å². The second-order valence-corrected chi connectivity index (χ2v) is 8.41. The smallest absolute Gasteiger partial charge is 0.317 e. The molecule has 1 fully saturated rings. The number of nitrogens with zero attached hydrogens (tertiary/aromatic N) is 5. The van der Waals surface area contributed by atoms with Crippen molar-refractivity contribution in [1.82, 2.24) is 24.6 Å². The Morgan fingerprint density at radius 1 is 1.17 bits per heavy atom.